The lowest BCUT2D eigenvalue weighted by Gasteiger charge is -2.14. The van der Waals surface area contributed by atoms with Crippen LogP contribution in [0, 0.1) is 0 Å². The number of carbonyl (C=O) groups excluding carboxylic acids is 3. The van der Waals surface area contributed by atoms with Gasteiger partial charge in [-0.1, -0.05) is 29.8 Å². The highest BCUT2D eigenvalue weighted by atomic mass is 35.5. The average Bonchev–Trinajstić information content (AvgIpc) is 3.42. The zero-order valence-electron chi connectivity index (χ0n) is 19.1. The van der Waals surface area contributed by atoms with E-state index in [0.29, 0.717) is 27.5 Å². The van der Waals surface area contributed by atoms with Crippen molar-refractivity contribution in [1.29, 1.82) is 0 Å². The molecule has 36 heavy (non-hydrogen) atoms. The van der Waals surface area contributed by atoms with Gasteiger partial charge in [0, 0.05) is 40.9 Å². The van der Waals surface area contributed by atoms with E-state index in [1.54, 1.807) is 42.5 Å². The van der Waals surface area contributed by atoms with Gasteiger partial charge in [-0.05, 0) is 64.0 Å². The summed E-state index contributed by atoms with van der Waals surface area (Å²) >= 11 is 6.10. The number of nitrogens with one attached hydrogen (secondary N) is 2. The maximum atomic E-state index is 12.5. The average molecular weight is 505 g/mol. The molecule has 0 saturated heterocycles. The summed E-state index contributed by atoms with van der Waals surface area (Å²) in [6, 6.07) is 12.3. The number of amides is 2. The lowest BCUT2D eigenvalue weighted by atomic mass is 9.93. The molecule has 4 rings (SSSR count). The fourth-order valence-corrected chi connectivity index (χ4v) is 3.65. The van der Waals surface area contributed by atoms with E-state index in [-0.39, 0.29) is 24.7 Å². The first-order valence-electron chi connectivity index (χ1n) is 10.8. The minimum Gasteiger partial charge on any atom is -0.453 e. The monoisotopic (exact) mass is 504 g/mol. The molecular weight excluding hydrogens is 484 g/mol. The van der Waals surface area contributed by atoms with Gasteiger partial charge < -0.3 is 10.1 Å². The Hall–Kier alpha value is -4.57. The predicted octanol–water partition coefficient (Wildman–Crippen LogP) is 3.61. The second-order valence-electron chi connectivity index (χ2n) is 7.66. The molecule has 0 unspecified atom stereocenters. The van der Waals surface area contributed by atoms with Gasteiger partial charge in [0.05, 0.1) is 12.8 Å². The molecule has 0 saturated carbocycles. The lowest BCUT2D eigenvalue weighted by molar-refractivity contribution is -0.116. The number of Topliss-reactive ketones (excluding diaryl/α,β-unsaturated/α-hetero) is 1. The van der Waals surface area contributed by atoms with E-state index in [1.165, 1.54) is 24.2 Å². The molecule has 0 radical (unpaired) electrons. The molecule has 11 heteroatoms. The van der Waals surface area contributed by atoms with Crippen LogP contribution < -0.4 is 10.6 Å². The summed E-state index contributed by atoms with van der Waals surface area (Å²) in [6.45, 7) is 0.0801. The van der Waals surface area contributed by atoms with Gasteiger partial charge >= 0.3 is 6.09 Å². The molecule has 1 aromatic heterocycles. The molecule has 10 nitrogen and oxygen atoms in total. The van der Waals surface area contributed by atoms with Crippen LogP contribution in [0.2, 0.25) is 5.02 Å². The minimum atomic E-state index is -0.556. The fraction of sp³-hybridized carbons (Fsp3) is 0.120. The van der Waals surface area contributed by atoms with Crippen molar-refractivity contribution in [3.05, 3.63) is 88.7 Å². The number of aromatic nitrogens is 4. The highest BCUT2D eigenvalue weighted by molar-refractivity contribution is 6.30. The number of tetrazole rings is 1. The first kappa shape index (κ1) is 24.6. The van der Waals surface area contributed by atoms with Crippen LogP contribution in [0.4, 0.5) is 10.5 Å². The summed E-state index contributed by atoms with van der Waals surface area (Å²) in [6.07, 6.45) is 7.66. The predicted molar refractivity (Wildman–Crippen MR) is 134 cm³/mol. The first-order chi connectivity index (χ1) is 17.4. The Morgan fingerprint density at radius 1 is 1.19 bits per heavy atom. The second kappa shape index (κ2) is 11.2. The minimum absolute atomic E-state index is 0.0668. The third-order valence-corrected chi connectivity index (χ3v) is 5.53. The number of methoxy groups -OCH3 is 1. The molecule has 0 atom stereocenters. The Labute approximate surface area is 211 Å². The number of anilines is 1. The van der Waals surface area contributed by atoms with Crippen LogP contribution in [0.5, 0.6) is 0 Å². The van der Waals surface area contributed by atoms with E-state index in [1.807, 2.05) is 18.2 Å². The lowest BCUT2D eigenvalue weighted by Crippen LogP contribution is -2.26. The van der Waals surface area contributed by atoms with E-state index >= 15 is 0 Å². The Kier molecular flexibility index (Phi) is 7.66. The number of hydrogen-bond acceptors (Lipinski definition) is 7. The van der Waals surface area contributed by atoms with Crippen molar-refractivity contribution in [2.75, 3.05) is 19.0 Å². The van der Waals surface area contributed by atoms with Crippen molar-refractivity contribution in [3.63, 3.8) is 0 Å². The number of carbonyl (C=O) groups is 3. The zero-order valence-corrected chi connectivity index (χ0v) is 19.9. The van der Waals surface area contributed by atoms with Crippen LogP contribution in [-0.2, 0) is 14.3 Å². The molecule has 2 N–H and O–H groups in total. The van der Waals surface area contributed by atoms with Crippen molar-refractivity contribution < 1.29 is 19.1 Å². The summed E-state index contributed by atoms with van der Waals surface area (Å²) < 4.78 is 6.04. The number of nitrogens with zero attached hydrogens (tertiary/aromatic N) is 4. The number of ether oxygens (including phenoxy) is 1. The normalized spacial score (nSPS) is 13.2. The summed E-state index contributed by atoms with van der Waals surface area (Å²) in [7, 11) is 1.29. The van der Waals surface area contributed by atoms with Crippen LogP contribution >= 0.6 is 11.6 Å². The molecule has 0 aliphatic heterocycles. The maximum absolute atomic E-state index is 12.5. The smallest absolute Gasteiger partial charge is 0.411 e. The fourth-order valence-electron chi connectivity index (χ4n) is 3.47. The van der Waals surface area contributed by atoms with E-state index in [0.717, 1.165) is 11.1 Å². The number of rotatable bonds is 7. The van der Waals surface area contributed by atoms with Gasteiger partial charge in [-0.3, -0.25) is 14.9 Å². The van der Waals surface area contributed by atoms with Gasteiger partial charge in [-0.15, -0.1) is 5.10 Å². The maximum Gasteiger partial charge on any atom is 0.411 e. The molecule has 2 aromatic carbocycles. The number of hydrogen-bond donors (Lipinski definition) is 2. The molecular formula is C25H21ClN6O4. The zero-order chi connectivity index (χ0) is 25.5. The number of benzene rings is 2. The molecule has 0 fully saturated rings. The molecule has 2 amide bonds. The van der Waals surface area contributed by atoms with Crippen molar-refractivity contribution in [1.82, 2.24) is 25.5 Å². The van der Waals surface area contributed by atoms with Gasteiger partial charge in [0.15, 0.2) is 5.78 Å². The van der Waals surface area contributed by atoms with Crippen LogP contribution in [0.1, 0.15) is 17.5 Å². The molecule has 182 valence electrons. The highest BCUT2D eigenvalue weighted by Gasteiger charge is 2.16. The van der Waals surface area contributed by atoms with E-state index in [9.17, 15) is 14.4 Å². The summed E-state index contributed by atoms with van der Waals surface area (Å²) in [4.78, 5) is 36.2. The molecule has 1 aliphatic carbocycles. The van der Waals surface area contributed by atoms with Gasteiger partial charge in [0.2, 0.25) is 5.91 Å². The Balaban J connectivity index is 1.41. The van der Waals surface area contributed by atoms with Gasteiger partial charge in [-0.25, -0.2) is 4.79 Å². The highest BCUT2D eigenvalue weighted by Crippen LogP contribution is 2.25. The Morgan fingerprint density at radius 2 is 2.00 bits per heavy atom. The summed E-state index contributed by atoms with van der Waals surface area (Å²) in [5.74, 6) is -0.441. The van der Waals surface area contributed by atoms with Crippen LogP contribution in [0.15, 0.2) is 72.6 Å². The van der Waals surface area contributed by atoms with E-state index in [4.69, 9.17) is 11.6 Å². The first-order valence-corrected chi connectivity index (χ1v) is 11.2. The molecule has 0 spiro atoms. The third kappa shape index (κ3) is 6.10. The quantitative estimate of drug-likeness (QED) is 0.470. The van der Waals surface area contributed by atoms with E-state index < -0.39 is 6.09 Å². The standard InChI is InChI=1S/C25H21ClN6O4/c1-36-25(35)29-21-7-2-16(3-8-21)17-4-10-23(33)19(12-17)14-27-24(34)11-5-18-13-20(26)6-9-22(18)32-15-28-30-31-32/h2-9,11-13,15H,10,14H2,1H3,(H,27,34)(H,29,35)/b11-5+. The van der Waals surface area contributed by atoms with E-state index in [2.05, 4.69) is 30.9 Å². The topological polar surface area (TPSA) is 128 Å². The van der Waals surface area contributed by atoms with Crippen LogP contribution in [0.25, 0.3) is 17.3 Å². The summed E-state index contributed by atoms with van der Waals surface area (Å²) in [5, 5.41) is 16.9. The molecule has 3 aromatic rings. The Bertz CT molecular complexity index is 1380. The van der Waals surface area contributed by atoms with Crippen molar-refractivity contribution in [3.8, 4) is 5.69 Å². The number of ketones is 1. The van der Waals surface area contributed by atoms with Gasteiger partial charge in [0.1, 0.15) is 6.33 Å². The molecule has 1 heterocycles. The van der Waals surface area contributed by atoms with Crippen molar-refractivity contribution >= 4 is 46.7 Å². The third-order valence-electron chi connectivity index (χ3n) is 5.30. The van der Waals surface area contributed by atoms with Crippen molar-refractivity contribution in [2.45, 2.75) is 6.42 Å². The largest absolute Gasteiger partial charge is 0.453 e. The Morgan fingerprint density at radius 3 is 2.72 bits per heavy atom. The number of allylic oxidation sites excluding steroid dienone is 3. The second-order valence-corrected chi connectivity index (χ2v) is 8.10. The molecule has 1 aliphatic rings. The van der Waals surface area contributed by atoms with Gasteiger partial charge in [-0.2, -0.15) is 4.68 Å². The SMILES string of the molecule is COC(=O)Nc1ccc(C2=CCC(=O)C(CNC(=O)/C=C/c3cc(Cl)ccc3-n3cnnn3)=C2)cc1. The molecule has 0 bridgehead atoms. The van der Waals surface area contributed by atoms with Crippen LogP contribution in [-0.4, -0.2) is 51.6 Å². The summed E-state index contributed by atoms with van der Waals surface area (Å²) in [5.41, 5.74) is 4.10. The van der Waals surface area contributed by atoms with Crippen LogP contribution in [0.3, 0.4) is 0 Å². The van der Waals surface area contributed by atoms with Gasteiger partial charge in [0.25, 0.3) is 0 Å². The number of halogens is 1. The van der Waals surface area contributed by atoms with Crippen molar-refractivity contribution in [2.24, 2.45) is 0 Å².